The van der Waals surface area contributed by atoms with Crippen molar-refractivity contribution in [3.63, 3.8) is 0 Å². The molecule has 1 fully saturated rings. The third kappa shape index (κ3) is 5.13. The topological polar surface area (TPSA) is 53.1 Å². The van der Waals surface area contributed by atoms with Crippen molar-refractivity contribution >= 4 is 28.8 Å². The van der Waals surface area contributed by atoms with E-state index in [9.17, 15) is 0 Å². The number of nitrogens with one attached hydrogen (secondary N) is 2. The van der Waals surface area contributed by atoms with Crippen LogP contribution in [0.3, 0.4) is 0 Å². The first-order valence-corrected chi connectivity index (χ1v) is 9.15. The molecule has 0 radical (unpaired) electrons. The summed E-state index contributed by atoms with van der Waals surface area (Å²) in [5.74, 6) is 2.47. The first kappa shape index (κ1) is 17.6. The molecule has 0 unspecified atom stereocenters. The van der Waals surface area contributed by atoms with Gasteiger partial charge in [0.2, 0.25) is 0 Å². The summed E-state index contributed by atoms with van der Waals surface area (Å²) in [6.07, 6.45) is 6.73. The summed E-state index contributed by atoms with van der Waals surface area (Å²) in [5, 5.41) is 6.94. The van der Waals surface area contributed by atoms with Crippen LogP contribution in [0.15, 0.2) is 42.9 Å². The van der Waals surface area contributed by atoms with Gasteiger partial charge >= 0.3 is 0 Å². The van der Waals surface area contributed by atoms with Crippen LogP contribution in [-0.4, -0.2) is 28.2 Å². The Kier molecular flexibility index (Phi) is 5.81. The van der Waals surface area contributed by atoms with Crippen molar-refractivity contribution in [3.8, 4) is 0 Å². The van der Waals surface area contributed by atoms with Gasteiger partial charge in [0.1, 0.15) is 5.82 Å². The number of piperidine rings is 1. The SMILES string of the molecule is C[C@@H]1C[C@H](C)CN(c2ccc(NC(=S)NCc3cccnc3)cn2)C1. The van der Waals surface area contributed by atoms with Crippen molar-refractivity contribution in [2.75, 3.05) is 23.3 Å². The molecule has 2 aromatic rings. The number of thiocarbonyl (C=S) groups is 1. The van der Waals surface area contributed by atoms with E-state index in [1.807, 2.05) is 30.6 Å². The fourth-order valence-corrected chi connectivity index (χ4v) is 3.55. The number of rotatable bonds is 4. The molecule has 0 saturated carbocycles. The largest absolute Gasteiger partial charge is 0.358 e. The number of pyridine rings is 2. The average molecular weight is 356 g/mol. The Morgan fingerprint density at radius 3 is 2.64 bits per heavy atom. The molecule has 132 valence electrons. The molecule has 3 heterocycles. The highest BCUT2D eigenvalue weighted by Gasteiger charge is 2.22. The first-order valence-electron chi connectivity index (χ1n) is 8.75. The van der Waals surface area contributed by atoms with E-state index in [2.05, 4.69) is 45.4 Å². The fraction of sp³-hybridized carbons (Fsp3) is 0.421. The minimum atomic E-state index is 0.582. The van der Waals surface area contributed by atoms with Gasteiger partial charge in [-0.2, -0.15) is 0 Å². The summed E-state index contributed by atoms with van der Waals surface area (Å²) in [4.78, 5) is 11.1. The van der Waals surface area contributed by atoms with Gasteiger partial charge in [0.25, 0.3) is 0 Å². The lowest BCUT2D eigenvalue weighted by atomic mass is 9.92. The van der Waals surface area contributed by atoms with Crippen molar-refractivity contribution in [3.05, 3.63) is 48.4 Å². The molecule has 6 heteroatoms. The van der Waals surface area contributed by atoms with E-state index in [1.165, 1.54) is 6.42 Å². The summed E-state index contributed by atoms with van der Waals surface area (Å²) in [5.41, 5.74) is 1.99. The smallest absolute Gasteiger partial charge is 0.171 e. The van der Waals surface area contributed by atoms with E-state index >= 15 is 0 Å². The van der Waals surface area contributed by atoms with Gasteiger partial charge in [-0.25, -0.2) is 4.98 Å². The van der Waals surface area contributed by atoms with Crippen molar-refractivity contribution in [2.45, 2.75) is 26.8 Å². The highest BCUT2D eigenvalue weighted by molar-refractivity contribution is 7.80. The quantitative estimate of drug-likeness (QED) is 0.820. The molecule has 2 atom stereocenters. The third-order valence-electron chi connectivity index (χ3n) is 4.37. The van der Waals surface area contributed by atoms with Crippen molar-refractivity contribution < 1.29 is 0 Å². The molecule has 0 amide bonds. The van der Waals surface area contributed by atoms with E-state index in [-0.39, 0.29) is 0 Å². The van der Waals surface area contributed by atoms with Gasteiger partial charge in [0, 0.05) is 32.0 Å². The predicted octanol–water partition coefficient (Wildman–Crippen LogP) is 3.45. The summed E-state index contributed by atoms with van der Waals surface area (Å²) in [7, 11) is 0. The van der Waals surface area contributed by atoms with Crippen LogP contribution in [-0.2, 0) is 6.54 Å². The predicted molar refractivity (Wildman–Crippen MR) is 107 cm³/mol. The zero-order chi connectivity index (χ0) is 17.6. The third-order valence-corrected chi connectivity index (χ3v) is 4.62. The maximum absolute atomic E-state index is 5.34. The zero-order valence-corrected chi connectivity index (χ0v) is 15.6. The lowest BCUT2D eigenvalue weighted by Crippen LogP contribution is -2.39. The highest BCUT2D eigenvalue weighted by Crippen LogP contribution is 2.25. The fourth-order valence-electron chi connectivity index (χ4n) is 3.36. The maximum Gasteiger partial charge on any atom is 0.171 e. The van der Waals surface area contributed by atoms with E-state index in [1.54, 1.807) is 6.20 Å². The number of aromatic nitrogens is 2. The average Bonchev–Trinajstić information content (AvgIpc) is 2.61. The van der Waals surface area contributed by atoms with Crippen LogP contribution in [0.5, 0.6) is 0 Å². The van der Waals surface area contributed by atoms with E-state index in [0.29, 0.717) is 23.5 Å². The molecule has 0 aliphatic carbocycles. The monoisotopic (exact) mass is 355 g/mol. The summed E-state index contributed by atoms with van der Waals surface area (Å²) in [6, 6.07) is 8.03. The Balaban J connectivity index is 1.52. The second-order valence-corrected chi connectivity index (χ2v) is 7.33. The van der Waals surface area contributed by atoms with Gasteiger partial charge in [-0.05, 0) is 54.2 Å². The molecule has 1 aliphatic heterocycles. The van der Waals surface area contributed by atoms with E-state index in [0.717, 1.165) is 30.2 Å². The first-order chi connectivity index (χ1) is 12.1. The summed E-state index contributed by atoms with van der Waals surface area (Å²) in [6.45, 7) is 7.43. The molecule has 2 aromatic heterocycles. The Bertz CT molecular complexity index is 679. The summed E-state index contributed by atoms with van der Waals surface area (Å²) < 4.78 is 0. The lowest BCUT2D eigenvalue weighted by Gasteiger charge is -2.35. The van der Waals surface area contributed by atoms with Gasteiger partial charge in [0.05, 0.1) is 11.9 Å². The second-order valence-electron chi connectivity index (χ2n) is 6.93. The molecule has 25 heavy (non-hydrogen) atoms. The van der Waals surface area contributed by atoms with Crippen molar-refractivity contribution in [1.82, 2.24) is 15.3 Å². The minimum Gasteiger partial charge on any atom is -0.358 e. The van der Waals surface area contributed by atoms with Crippen LogP contribution in [0.2, 0.25) is 0 Å². The van der Waals surface area contributed by atoms with Crippen LogP contribution < -0.4 is 15.5 Å². The molecule has 2 N–H and O–H groups in total. The Morgan fingerprint density at radius 2 is 2.00 bits per heavy atom. The van der Waals surface area contributed by atoms with Crippen LogP contribution in [0.25, 0.3) is 0 Å². The van der Waals surface area contributed by atoms with Crippen LogP contribution >= 0.6 is 12.2 Å². The van der Waals surface area contributed by atoms with Crippen LogP contribution in [0, 0.1) is 11.8 Å². The molecule has 0 spiro atoms. The van der Waals surface area contributed by atoms with Crippen LogP contribution in [0.1, 0.15) is 25.8 Å². The molecule has 3 rings (SSSR count). The summed E-state index contributed by atoms with van der Waals surface area (Å²) >= 11 is 5.34. The van der Waals surface area contributed by atoms with Gasteiger partial charge < -0.3 is 15.5 Å². The second kappa shape index (κ2) is 8.25. The maximum atomic E-state index is 5.34. The number of nitrogens with zero attached hydrogens (tertiary/aromatic N) is 3. The molecule has 0 aromatic carbocycles. The van der Waals surface area contributed by atoms with Gasteiger partial charge in [-0.1, -0.05) is 19.9 Å². The van der Waals surface area contributed by atoms with Gasteiger partial charge in [-0.15, -0.1) is 0 Å². The zero-order valence-electron chi connectivity index (χ0n) is 14.8. The van der Waals surface area contributed by atoms with Gasteiger partial charge in [-0.3, -0.25) is 4.98 Å². The molecular weight excluding hydrogens is 330 g/mol. The highest BCUT2D eigenvalue weighted by atomic mass is 32.1. The molecule has 1 aliphatic rings. The molecule has 1 saturated heterocycles. The molecule has 0 bridgehead atoms. The van der Waals surface area contributed by atoms with Crippen molar-refractivity contribution in [1.29, 1.82) is 0 Å². The Morgan fingerprint density at radius 1 is 1.20 bits per heavy atom. The number of hydrogen-bond acceptors (Lipinski definition) is 4. The number of hydrogen-bond donors (Lipinski definition) is 2. The standard InChI is InChI=1S/C19H25N5S/c1-14-8-15(2)13-24(12-14)18-6-5-17(11-21-18)23-19(25)22-10-16-4-3-7-20-9-16/h3-7,9,11,14-15H,8,10,12-13H2,1-2H3,(H2,22,23,25)/t14-,15+. The molecular formula is C19H25N5S. The van der Waals surface area contributed by atoms with Gasteiger partial charge in [0.15, 0.2) is 5.11 Å². The van der Waals surface area contributed by atoms with Crippen LogP contribution in [0.4, 0.5) is 11.5 Å². The Hall–Kier alpha value is -2.21. The Labute approximate surface area is 154 Å². The van der Waals surface area contributed by atoms with E-state index in [4.69, 9.17) is 12.2 Å². The minimum absolute atomic E-state index is 0.582. The van der Waals surface area contributed by atoms with E-state index < -0.39 is 0 Å². The normalized spacial score (nSPS) is 20.2. The lowest BCUT2D eigenvalue weighted by molar-refractivity contribution is 0.355. The molecule has 5 nitrogen and oxygen atoms in total. The van der Waals surface area contributed by atoms with Crippen molar-refractivity contribution in [2.24, 2.45) is 11.8 Å². The number of anilines is 2.